The van der Waals surface area contributed by atoms with Crippen LogP contribution < -0.4 is 10.1 Å². The Labute approximate surface area is 116 Å². The fraction of sp³-hybridized carbons (Fsp3) is 0.429. The van der Waals surface area contributed by atoms with Crippen molar-refractivity contribution in [2.75, 3.05) is 6.61 Å². The van der Waals surface area contributed by atoms with E-state index in [4.69, 9.17) is 9.84 Å². The number of amides is 1. The van der Waals surface area contributed by atoms with Crippen LogP contribution in [0.5, 0.6) is 5.75 Å². The molecule has 0 aliphatic carbocycles. The Hall–Kier alpha value is -2.11. The van der Waals surface area contributed by atoms with Gasteiger partial charge in [0.25, 0.3) is 5.91 Å². The SMILES string of the molecule is CCCC(NC(=O)c1cccc(F)c1OCC)C(=O)O. The summed E-state index contributed by atoms with van der Waals surface area (Å²) in [5.74, 6) is -2.58. The van der Waals surface area contributed by atoms with Crippen molar-refractivity contribution < 1.29 is 23.8 Å². The summed E-state index contributed by atoms with van der Waals surface area (Å²) < 4.78 is 18.7. The van der Waals surface area contributed by atoms with Crippen molar-refractivity contribution in [3.8, 4) is 5.75 Å². The first-order valence-electron chi connectivity index (χ1n) is 6.46. The van der Waals surface area contributed by atoms with E-state index in [1.807, 2.05) is 6.92 Å². The van der Waals surface area contributed by atoms with E-state index in [9.17, 15) is 14.0 Å². The third-order valence-corrected chi connectivity index (χ3v) is 2.68. The Morgan fingerprint density at radius 2 is 2.10 bits per heavy atom. The fourth-order valence-corrected chi connectivity index (χ4v) is 1.76. The van der Waals surface area contributed by atoms with Crippen LogP contribution >= 0.6 is 0 Å². The topological polar surface area (TPSA) is 75.6 Å². The second-order valence-electron chi connectivity index (χ2n) is 4.20. The number of carboxylic acid groups (broad SMARTS) is 1. The number of rotatable bonds is 7. The molecule has 0 aliphatic heterocycles. The lowest BCUT2D eigenvalue weighted by molar-refractivity contribution is -0.139. The van der Waals surface area contributed by atoms with Crippen LogP contribution in [0.25, 0.3) is 0 Å². The zero-order valence-electron chi connectivity index (χ0n) is 11.5. The first-order valence-corrected chi connectivity index (χ1v) is 6.46. The van der Waals surface area contributed by atoms with Gasteiger partial charge in [-0.2, -0.15) is 0 Å². The van der Waals surface area contributed by atoms with Gasteiger partial charge in [-0.3, -0.25) is 4.79 Å². The summed E-state index contributed by atoms with van der Waals surface area (Å²) in [6.07, 6.45) is 0.916. The number of hydrogen-bond donors (Lipinski definition) is 2. The molecular weight excluding hydrogens is 265 g/mol. The standard InChI is InChI=1S/C14H18FNO4/c1-3-6-11(14(18)19)16-13(17)9-7-5-8-10(15)12(9)20-4-2/h5,7-8,11H,3-4,6H2,1-2H3,(H,16,17)(H,18,19). The molecule has 1 amide bonds. The summed E-state index contributed by atoms with van der Waals surface area (Å²) in [6.45, 7) is 3.69. The van der Waals surface area contributed by atoms with Gasteiger partial charge in [0.15, 0.2) is 11.6 Å². The summed E-state index contributed by atoms with van der Waals surface area (Å²) in [5, 5.41) is 11.4. The molecular formula is C14H18FNO4. The van der Waals surface area contributed by atoms with Crippen LogP contribution in [0.3, 0.4) is 0 Å². The van der Waals surface area contributed by atoms with Crippen molar-refractivity contribution in [2.45, 2.75) is 32.7 Å². The number of halogens is 1. The number of para-hydroxylation sites is 1. The first kappa shape index (κ1) is 15.9. The number of nitrogens with one attached hydrogen (secondary N) is 1. The van der Waals surface area contributed by atoms with Crippen LogP contribution in [-0.2, 0) is 4.79 Å². The van der Waals surface area contributed by atoms with Gasteiger partial charge < -0.3 is 15.2 Å². The van der Waals surface area contributed by atoms with Crippen molar-refractivity contribution in [1.29, 1.82) is 0 Å². The predicted molar refractivity (Wildman–Crippen MR) is 71.4 cm³/mol. The minimum Gasteiger partial charge on any atom is -0.490 e. The molecule has 6 heteroatoms. The quantitative estimate of drug-likeness (QED) is 0.804. The van der Waals surface area contributed by atoms with E-state index < -0.39 is 23.7 Å². The highest BCUT2D eigenvalue weighted by Gasteiger charge is 2.22. The summed E-state index contributed by atoms with van der Waals surface area (Å²) in [5.41, 5.74) is -0.00537. The van der Waals surface area contributed by atoms with Crippen LogP contribution in [-0.4, -0.2) is 29.6 Å². The average Bonchev–Trinajstić information content (AvgIpc) is 2.40. The molecule has 0 heterocycles. The third kappa shape index (κ3) is 3.94. The molecule has 0 bridgehead atoms. The molecule has 0 spiro atoms. The van der Waals surface area contributed by atoms with E-state index in [-0.39, 0.29) is 17.9 Å². The van der Waals surface area contributed by atoms with Crippen LogP contribution in [0, 0.1) is 5.82 Å². The highest BCUT2D eigenvalue weighted by molar-refractivity contribution is 5.99. The lowest BCUT2D eigenvalue weighted by Crippen LogP contribution is -2.40. The van der Waals surface area contributed by atoms with Crippen molar-refractivity contribution in [3.05, 3.63) is 29.6 Å². The van der Waals surface area contributed by atoms with Crippen molar-refractivity contribution in [1.82, 2.24) is 5.32 Å². The number of hydrogen-bond acceptors (Lipinski definition) is 3. The van der Waals surface area contributed by atoms with Gasteiger partial charge in [0, 0.05) is 0 Å². The van der Waals surface area contributed by atoms with Gasteiger partial charge in [-0.15, -0.1) is 0 Å². The van der Waals surface area contributed by atoms with E-state index in [1.54, 1.807) is 6.92 Å². The minimum atomic E-state index is -1.12. The Morgan fingerprint density at radius 3 is 2.65 bits per heavy atom. The van der Waals surface area contributed by atoms with E-state index in [1.165, 1.54) is 18.2 Å². The maximum absolute atomic E-state index is 13.6. The molecule has 0 fully saturated rings. The molecule has 0 saturated carbocycles. The number of aliphatic carboxylic acids is 1. The second kappa shape index (κ2) is 7.47. The monoisotopic (exact) mass is 283 g/mol. The van der Waals surface area contributed by atoms with Gasteiger partial charge in [0.1, 0.15) is 6.04 Å². The number of carbonyl (C=O) groups is 2. The zero-order valence-corrected chi connectivity index (χ0v) is 11.5. The van der Waals surface area contributed by atoms with Crippen LogP contribution in [0.2, 0.25) is 0 Å². The molecule has 0 radical (unpaired) electrons. The summed E-state index contributed by atoms with van der Waals surface area (Å²) >= 11 is 0. The lowest BCUT2D eigenvalue weighted by atomic mass is 10.1. The number of carbonyl (C=O) groups excluding carboxylic acids is 1. The molecule has 1 atom stereocenters. The fourth-order valence-electron chi connectivity index (χ4n) is 1.76. The van der Waals surface area contributed by atoms with Gasteiger partial charge in [-0.1, -0.05) is 19.4 Å². The van der Waals surface area contributed by atoms with Gasteiger partial charge in [0.2, 0.25) is 0 Å². The second-order valence-corrected chi connectivity index (χ2v) is 4.20. The number of benzene rings is 1. The van der Waals surface area contributed by atoms with Crippen molar-refractivity contribution in [2.24, 2.45) is 0 Å². The molecule has 0 aliphatic rings. The molecule has 1 aromatic rings. The number of carboxylic acids is 1. The van der Waals surface area contributed by atoms with E-state index >= 15 is 0 Å². The van der Waals surface area contributed by atoms with Gasteiger partial charge >= 0.3 is 5.97 Å². The minimum absolute atomic E-state index is 0.00537. The van der Waals surface area contributed by atoms with Gasteiger partial charge in [-0.25, -0.2) is 9.18 Å². The van der Waals surface area contributed by atoms with Crippen LogP contribution in [0.1, 0.15) is 37.0 Å². The molecule has 1 unspecified atom stereocenters. The van der Waals surface area contributed by atoms with Crippen molar-refractivity contribution >= 4 is 11.9 Å². The maximum Gasteiger partial charge on any atom is 0.326 e. The lowest BCUT2D eigenvalue weighted by Gasteiger charge is -2.15. The van der Waals surface area contributed by atoms with Crippen LogP contribution in [0.15, 0.2) is 18.2 Å². The van der Waals surface area contributed by atoms with Gasteiger partial charge in [0.05, 0.1) is 12.2 Å². The van der Waals surface area contributed by atoms with Crippen molar-refractivity contribution in [3.63, 3.8) is 0 Å². The average molecular weight is 283 g/mol. The highest BCUT2D eigenvalue weighted by Crippen LogP contribution is 2.22. The van der Waals surface area contributed by atoms with Crippen LogP contribution in [0.4, 0.5) is 4.39 Å². The molecule has 110 valence electrons. The summed E-state index contributed by atoms with van der Waals surface area (Å²) in [6, 6.07) is 2.96. The molecule has 0 saturated heterocycles. The largest absolute Gasteiger partial charge is 0.490 e. The van der Waals surface area contributed by atoms with E-state index in [0.717, 1.165) is 0 Å². The first-order chi connectivity index (χ1) is 9.51. The Balaban J connectivity index is 2.96. The molecule has 0 aromatic heterocycles. The summed E-state index contributed by atoms with van der Waals surface area (Å²) in [7, 11) is 0. The smallest absolute Gasteiger partial charge is 0.326 e. The molecule has 1 aromatic carbocycles. The third-order valence-electron chi connectivity index (χ3n) is 2.68. The summed E-state index contributed by atoms with van der Waals surface area (Å²) in [4.78, 5) is 23.1. The highest BCUT2D eigenvalue weighted by atomic mass is 19.1. The molecule has 2 N–H and O–H groups in total. The molecule has 20 heavy (non-hydrogen) atoms. The zero-order chi connectivity index (χ0) is 15.1. The maximum atomic E-state index is 13.6. The Morgan fingerprint density at radius 1 is 1.40 bits per heavy atom. The van der Waals surface area contributed by atoms with E-state index in [2.05, 4.69) is 5.32 Å². The Kier molecular flexibility index (Phi) is 5.96. The molecule has 1 rings (SSSR count). The Bertz CT molecular complexity index is 490. The van der Waals surface area contributed by atoms with Gasteiger partial charge in [-0.05, 0) is 25.5 Å². The normalized spacial score (nSPS) is 11.8. The van der Waals surface area contributed by atoms with E-state index in [0.29, 0.717) is 12.8 Å². The predicted octanol–water partition coefficient (Wildman–Crippen LogP) is 2.21. The number of ether oxygens (including phenoxy) is 1. The molecule has 5 nitrogen and oxygen atoms in total.